The minimum Gasteiger partial charge on any atom is -0.462 e. The molecule has 0 saturated heterocycles. The highest BCUT2D eigenvalue weighted by Gasteiger charge is 2.22. The lowest BCUT2D eigenvalue weighted by Crippen LogP contribution is -2.29. The van der Waals surface area contributed by atoms with Crippen LogP contribution in [-0.4, -0.2) is 67.7 Å². The van der Waals surface area contributed by atoms with Gasteiger partial charge < -0.3 is 24.2 Å². The van der Waals surface area contributed by atoms with E-state index in [4.69, 9.17) is 14.2 Å². The molecule has 0 atom stereocenters. The molecular weight excluding hydrogens is 663 g/mol. The van der Waals surface area contributed by atoms with Gasteiger partial charge in [0.15, 0.2) is 0 Å². The molecule has 0 spiro atoms. The normalized spacial score (nSPS) is 16.0. The van der Waals surface area contributed by atoms with Crippen LogP contribution in [0.3, 0.4) is 0 Å². The van der Waals surface area contributed by atoms with E-state index in [1.807, 2.05) is 0 Å². The third-order valence-corrected chi connectivity index (χ3v) is 11.5. The Labute approximate surface area is 328 Å². The van der Waals surface area contributed by atoms with Crippen molar-refractivity contribution in [2.24, 2.45) is 11.8 Å². The lowest BCUT2D eigenvalue weighted by Gasteiger charge is -2.28. The number of hydrogen-bond donors (Lipinski definition) is 1. The highest BCUT2D eigenvalue weighted by atomic mass is 16.7. The Bertz CT molecular complexity index is 785. The number of rotatable bonds is 38. The first kappa shape index (κ1) is 49.7. The minimum absolute atomic E-state index is 0.00763. The Morgan fingerprint density at radius 3 is 1.64 bits per heavy atom. The molecule has 7 heteroatoms. The van der Waals surface area contributed by atoms with Gasteiger partial charge in [-0.25, -0.2) is 4.79 Å². The van der Waals surface area contributed by atoms with Crippen LogP contribution in [0.4, 0.5) is 4.79 Å². The van der Waals surface area contributed by atoms with E-state index in [1.165, 1.54) is 128 Å². The van der Waals surface area contributed by atoms with Crippen LogP contribution in [0.2, 0.25) is 0 Å². The van der Waals surface area contributed by atoms with Crippen LogP contribution in [0.5, 0.6) is 0 Å². The van der Waals surface area contributed by atoms with Gasteiger partial charge in [-0.05, 0) is 89.1 Å². The number of unbranched alkanes of at least 4 members (excludes halogenated alkanes) is 19. The first-order chi connectivity index (χ1) is 26.0. The van der Waals surface area contributed by atoms with Crippen molar-refractivity contribution in [3.63, 3.8) is 0 Å². The summed E-state index contributed by atoms with van der Waals surface area (Å²) < 4.78 is 16.8. The van der Waals surface area contributed by atoms with Crippen molar-refractivity contribution in [1.29, 1.82) is 0 Å². The Morgan fingerprint density at radius 1 is 0.566 bits per heavy atom. The van der Waals surface area contributed by atoms with Crippen LogP contribution in [0.1, 0.15) is 226 Å². The molecule has 0 radical (unpaired) electrons. The van der Waals surface area contributed by atoms with Crippen molar-refractivity contribution in [3.8, 4) is 0 Å². The molecule has 1 saturated carbocycles. The van der Waals surface area contributed by atoms with E-state index in [0.29, 0.717) is 25.6 Å². The maximum Gasteiger partial charge on any atom is 0.508 e. The number of ether oxygens (including phenoxy) is 3. The molecule has 0 aromatic carbocycles. The molecule has 0 heterocycles. The second kappa shape index (κ2) is 37.6. The molecule has 0 amide bonds. The van der Waals surface area contributed by atoms with E-state index < -0.39 is 6.16 Å². The zero-order valence-electron chi connectivity index (χ0n) is 35.5. The lowest BCUT2D eigenvalue weighted by atomic mass is 9.80. The number of esters is 1. The van der Waals surface area contributed by atoms with Gasteiger partial charge in [-0.1, -0.05) is 156 Å². The van der Waals surface area contributed by atoms with E-state index in [1.54, 1.807) is 0 Å². The molecule has 1 aliphatic rings. The van der Waals surface area contributed by atoms with Crippen molar-refractivity contribution in [3.05, 3.63) is 0 Å². The van der Waals surface area contributed by atoms with Gasteiger partial charge in [-0.2, -0.15) is 0 Å². The molecule has 0 bridgehead atoms. The van der Waals surface area contributed by atoms with Crippen molar-refractivity contribution in [2.75, 3.05) is 39.5 Å². The highest BCUT2D eigenvalue weighted by molar-refractivity contribution is 5.69. The number of aliphatic hydroxyl groups is 1. The van der Waals surface area contributed by atoms with Crippen LogP contribution in [-0.2, 0) is 19.0 Å². The predicted octanol–water partition coefficient (Wildman–Crippen LogP) is 13.1. The van der Waals surface area contributed by atoms with Crippen LogP contribution in [0.15, 0.2) is 0 Å². The predicted molar refractivity (Wildman–Crippen MR) is 222 cm³/mol. The van der Waals surface area contributed by atoms with Gasteiger partial charge in [0.2, 0.25) is 0 Å². The Kier molecular flexibility index (Phi) is 35.2. The van der Waals surface area contributed by atoms with Crippen molar-refractivity contribution in [2.45, 2.75) is 232 Å². The first-order valence-electron chi connectivity index (χ1n) is 23.3. The summed E-state index contributed by atoms with van der Waals surface area (Å²) in [5.74, 6) is 1.38. The summed E-state index contributed by atoms with van der Waals surface area (Å²) in [6.45, 7) is 10.6. The molecular formula is C46H89NO6. The molecule has 7 nitrogen and oxygen atoms in total. The van der Waals surface area contributed by atoms with Gasteiger partial charge in [-0.15, -0.1) is 0 Å². The van der Waals surface area contributed by atoms with Gasteiger partial charge in [0.05, 0.1) is 19.8 Å². The summed E-state index contributed by atoms with van der Waals surface area (Å²) >= 11 is 0. The molecule has 1 fully saturated rings. The zero-order valence-corrected chi connectivity index (χ0v) is 35.5. The van der Waals surface area contributed by atoms with Gasteiger partial charge in [0.1, 0.15) is 6.10 Å². The van der Waals surface area contributed by atoms with Crippen molar-refractivity contribution < 1.29 is 28.9 Å². The Morgan fingerprint density at radius 2 is 1.06 bits per heavy atom. The molecule has 0 aliphatic heterocycles. The third-order valence-electron chi connectivity index (χ3n) is 11.5. The smallest absolute Gasteiger partial charge is 0.462 e. The van der Waals surface area contributed by atoms with E-state index in [2.05, 4.69) is 25.7 Å². The fourth-order valence-corrected chi connectivity index (χ4v) is 7.97. The molecule has 0 aromatic rings. The topological polar surface area (TPSA) is 85.3 Å². The van der Waals surface area contributed by atoms with Crippen LogP contribution < -0.4 is 0 Å². The number of nitrogens with zero attached hydrogens (tertiary/aromatic N) is 1. The summed E-state index contributed by atoms with van der Waals surface area (Å²) in [7, 11) is 0. The lowest BCUT2D eigenvalue weighted by molar-refractivity contribution is -0.150. The molecule has 0 unspecified atom stereocenters. The summed E-state index contributed by atoms with van der Waals surface area (Å²) in [6.07, 6.45) is 37.3. The Balaban J connectivity index is 2.08. The van der Waals surface area contributed by atoms with Gasteiger partial charge in [-0.3, -0.25) is 4.79 Å². The highest BCUT2D eigenvalue weighted by Crippen LogP contribution is 2.32. The van der Waals surface area contributed by atoms with E-state index >= 15 is 0 Å². The Hall–Kier alpha value is -1.34. The summed E-state index contributed by atoms with van der Waals surface area (Å²) in [5.41, 5.74) is 0. The summed E-state index contributed by atoms with van der Waals surface area (Å²) in [4.78, 5) is 27.1. The fourth-order valence-electron chi connectivity index (χ4n) is 7.97. The maximum absolute atomic E-state index is 12.7. The standard InChI is InChI=1S/C46H89NO6/c1-4-7-10-12-15-22-29-44(30-23-16-13-11-8-5-2)53-45(49)31-24-17-14-18-25-36-47(38-39-48)37-26-19-20-27-40-51-46(50)52-41-43-34-32-42(33-35-43)28-21-9-6-3/h42-44,48H,4-41H2,1-3H3. The second-order valence-electron chi connectivity index (χ2n) is 16.5. The SMILES string of the molecule is CCCCCCCCC(CCCCCCCC)OC(=O)CCCCCCCN(CCO)CCCCCCOC(=O)OCC1CCC(CCCCC)CC1. The van der Waals surface area contributed by atoms with E-state index in [9.17, 15) is 14.7 Å². The van der Waals surface area contributed by atoms with E-state index in [0.717, 1.165) is 96.2 Å². The molecule has 314 valence electrons. The summed E-state index contributed by atoms with van der Waals surface area (Å²) in [5, 5.41) is 9.56. The maximum atomic E-state index is 12.7. The van der Waals surface area contributed by atoms with Crippen molar-refractivity contribution in [1.82, 2.24) is 4.90 Å². The molecule has 53 heavy (non-hydrogen) atoms. The number of aliphatic hydroxyl groups excluding tert-OH is 1. The number of hydrogen-bond acceptors (Lipinski definition) is 7. The molecule has 1 rings (SSSR count). The number of carbonyl (C=O) groups excluding carboxylic acids is 2. The third kappa shape index (κ3) is 31.6. The fraction of sp³-hybridized carbons (Fsp3) is 0.957. The van der Waals surface area contributed by atoms with Gasteiger partial charge in [0, 0.05) is 13.0 Å². The van der Waals surface area contributed by atoms with Crippen molar-refractivity contribution >= 4 is 12.1 Å². The largest absolute Gasteiger partial charge is 0.508 e. The van der Waals surface area contributed by atoms with Gasteiger partial charge in [0.25, 0.3) is 0 Å². The average Bonchev–Trinajstić information content (AvgIpc) is 3.16. The monoisotopic (exact) mass is 752 g/mol. The number of carbonyl (C=O) groups is 2. The first-order valence-corrected chi connectivity index (χ1v) is 23.3. The average molecular weight is 752 g/mol. The molecule has 1 aliphatic carbocycles. The molecule has 1 N–H and O–H groups in total. The van der Waals surface area contributed by atoms with Crippen LogP contribution in [0.25, 0.3) is 0 Å². The quantitative estimate of drug-likeness (QED) is 0.0496. The zero-order chi connectivity index (χ0) is 38.5. The molecule has 0 aromatic heterocycles. The van der Waals surface area contributed by atoms with Crippen LogP contribution >= 0.6 is 0 Å². The summed E-state index contributed by atoms with van der Waals surface area (Å²) in [6, 6.07) is 0. The van der Waals surface area contributed by atoms with Gasteiger partial charge >= 0.3 is 12.1 Å². The van der Waals surface area contributed by atoms with E-state index in [-0.39, 0.29) is 18.7 Å². The van der Waals surface area contributed by atoms with Crippen LogP contribution in [0, 0.1) is 11.8 Å². The second-order valence-corrected chi connectivity index (χ2v) is 16.5. The minimum atomic E-state index is -0.504.